The topological polar surface area (TPSA) is 59.1 Å². The van der Waals surface area contributed by atoms with Gasteiger partial charge in [-0.1, -0.05) is 0 Å². The standard InChI is InChI=1S/C20H24N2O4/c1-21(19(23)15-5-9-17(25-3)10-6-15)13-14-22(2)20(24)16-7-11-18(26-4)12-8-16/h5-12H,13-14H2,1-4H3. The number of rotatable bonds is 7. The van der Waals surface area contributed by atoms with Crippen molar-refractivity contribution in [2.75, 3.05) is 41.4 Å². The molecule has 0 unspecified atom stereocenters. The van der Waals surface area contributed by atoms with Crippen molar-refractivity contribution in [3.05, 3.63) is 59.7 Å². The van der Waals surface area contributed by atoms with Crippen molar-refractivity contribution in [3.8, 4) is 11.5 Å². The van der Waals surface area contributed by atoms with Crippen LogP contribution in [0.25, 0.3) is 0 Å². The van der Waals surface area contributed by atoms with Gasteiger partial charge in [0.2, 0.25) is 0 Å². The van der Waals surface area contributed by atoms with Crippen LogP contribution in [0, 0.1) is 0 Å². The van der Waals surface area contributed by atoms with E-state index in [1.165, 1.54) is 0 Å². The number of nitrogens with zero attached hydrogens (tertiary/aromatic N) is 2. The van der Waals surface area contributed by atoms with Crippen molar-refractivity contribution >= 4 is 11.8 Å². The number of hydrogen-bond donors (Lipinski definition) is 0. The summed E-state index contributed by atoms with van der Waals surface area (Å²) in [7, 11) is 6.60. The Labute approximate surface area is 153 Å². The predicted molar refractivity (Wildman–Crippen MR) is 99.9 cm³/mol. The predicted octanol–water partition coefficient (Wildman–Crippen LogP) is 2.55. The SMILES string of the molecule is COc1ccc(C(=O)N(C)CCN(C)C(=O)c2ccc(OC)cc2)cc1. The van der Waals surface area contributed by atoms with E-state index in [1.54, 1.807) is 86.6 Å². The van der Waals surface area contributed by atoms with E-state index >= 15 is 0 Å². The molecule has 0 bridgehead atoms. The van der Waals surface area contributed by atoms with Gasteiger partial charge in [0.25, 0.3) is 11.8 Å². The van der Waals surface area contributed by atoms with Gasteiger partial charge in [-0.2, -0.15) is 0 Å². The van der Waals surface area contributed by atoms with Gasteiger partial charge < -0.3 is 19.3 Å². The zero-order valence-corrected chi connectivity index (χ0v) is 15.6. The zero-order valence-electron chi connectivity index (χ0n) is 15.6. The van der Waals surface area contributed by atoms with Crippen LogP contribution in [0.15, 0.2) is 48.5 Å². The highest BCUT2D eigenvalue weighted by Crippen LogP contribution is 2.14. The van der Waals surface area contributed by atoms with E-state index in [2.05, 4.69) is 0 Å². The fourth-order valence-electron chi connectivity index (χ4n) is 2.41. The maximum atomic E-state index is 12.4. The van der Waals surface area contributed by atoms with Gasteiger partial charge in [0, 0.05) is 38.3 Å². The Kier molecular flexibility index (Phi) is 6.60. The van der Waals surface area contributed by atoms with E-state index in [1.807, 2.05) is 0 Å². The minimum atomic E-state index is -0.0991. The molecule has 0 saturated heterocycles. The van der Waals surface area contributed by atoms with Crippen LogP contribution in [0.5, 0.6) is 11.5 Å². The summed E-state index contributed by atoms with van der Waals surface area (Å²) in [5, 5.41) is 0. The van der Waals surface area contributed by atoms with Crippen molar-refractivity contribution in [1.82, 2.24) is 9.80 Å². The lowest BCUT2D eigenvalue weighted by molar-refractivity contribution is 0.0718. The van der Waals surface area contributed by atoms with Crippen molar-refractivity contribution in [3.63, 3.8) is 0 Å². The molecule has 0 spiro atoms. The van der Waals surface area contributed by atoms with Crippen LogP contribution >= 0.6 is 0 Å². The highest BCUT2D eigenvalue weighted by Gasteiger charge is 2.15. The Hall–Kier alpha value is -3.02. The van der Waals surface area contributed by atoms with E-state index in [9.17, 15) is 9.59 Å². The summed E-state index contributed by atoms with van der Waals surface area (Å²) >= 11 is 0. The molecule has 6 heteroatoms. The minimum absolute atomic E-state index is 0.0991. The Morgan fingerprint density at radius 2 is 1.00 bits per heavy atom. The van der Waals surface area contributed by atoms with Gasteiger partial charge in [-0.25, -0.2) is 0 Å². The van der Waals surface area contributed by atoms with E-state index in [-0.39, 0.29) is 11.8 Å². The van der Waals surface area contributed by atoms with Gasteiger partial charge in [-0.15, -0.1) is 0 Å². The highest BCUT2D eigenvalue weighted by atomic mass is 16.5. The molecule has 0 aliphatic rings. The van der Waals surface area contributed by atoms with Gasteiger partial charge in [0.05, 0.1) is 14.2 Å². The van der Waals surface area contributed by atoms with Crippen LogP contribution in [0.4, 0.5) is 0 Å². The van der Waals surface area contributed by atoms with Crippen LogP contribution < -0.4 is 9.47 Å². The van der Waals surface area contributed by atoms with Crippen molar-refractivity contribution in [2.45, 2.75) is 0 Å². The Bertz CT molecular complexity index is 676. The molecule has 0 radical (unpaired) electrons. The molecular formula is C20H24N2O4. The zero-order chi connectivity index (χ0) is 19.1. The lowest BCUT2D eigenvalue weighted by atomic mass is 10.2. The number of amides is 2. The van der Waals surface area contributed by atoms with Gasteiger partial charge in [-0.05, 0) is 48.5 Å². The number of carbonyl (C=O) groups is 2. The number of carbonyl (C=O) groups excluding carboxylic acids is 2. The maximum Gasteiger partial charge on any atom is 0.253 e. The first-order valence-electron chi connectivity index (χ1n) is 8.25. The Morgan fingerprint density at radius 3 is 1.27 bits per heavy atom. The fraction of sp³-hybridized carbons (Fsp3) is 0.300. The smallest absolute Gasteiger partial charge is 0.253 e. The van der Waals surface area contributed by atoms with Gasteiger partial charge in [0.1, 0.15) is 11.5 Å². The normalized spacial score (nSPS) is 10.2. The molecule has 26 heavy (non-hydrogen) atoms. The highest BCUT2D eigenvalue weighted by molar-refractivity contribution is 5.95. The number of likely N-dealkylation sites (N-methyl/N-ethyl adjacent to an activating group) is 2. The average Bonchev–Trinajstić information content (AvgIpc) is 2.70. The molecule has 0 heterocycles. The quantitative estimate of drug-likeness (QED) is 0.765. The fourth-order valence-corrected chi connectivity index (χ4v) is 2.41. The molecule has 2 rings (SSSR count). The Balaban J connectivity index is 1.91. The summed E-state index contributed by atoms with van der Waals surface area (Å²) < 4.78 is 10.2. The summed E-state index contributed by atoms with van der Waals surface area (Å²) in [5.74, 6) is 1.21. The van der Waals surface area contributed by atoms with Gasteiger partial charge >= 0.3 is 0 Å². The summed E-state index contributed by atoms with van der Waals surface area (Å²) in [6.07, 6.45) is 0. The molecule has 0 fully saturated rings. The molecule has 138 valence electrons. The summed E-state index contributed by atoms with van der Waals surface area (Å²) in [6.45, 7) is 0.868. The largest absolute Gasteiger partial charge is 0.497 e. The first kappa shape index (κ1) is 19.3. The van der Waals surface area contributed by atoms with Crippen molar-refractivity contribution in [2.24, 2.45) is 0 Å². The van der Waals surface area contributed by atoms with E-state index in [0.29, 0.717) is 35.7 Å². The summed E-state index contributed by atoms with van der Waals surface area (Å²) in [6, 6.07) is 13.9. The molecule has 2 aromatic carbocycles. The minimum Gasteiger partial charge on any atom is -0.497 e. The number of methoxy groups -OCH3 is 2. The molecule has 2 amide bonds. The van der Waals surface area contributed by atoms with Crippen LogP contribution in [-0.2, 0) is 0 Å². The lowest BCUT2D eigenvalue weighted by Crippen LogP contribution is -2.37. The molecule has 0 atom stereocenters. The molecule has 0 aromatic heterocycles. The van der Waals surface area contributed by atoms with E-state index in [4.69, 9.17) is 9.47 Å². The number of benzene rings is 2. The third-order valence-corrected chi connectivity index (χ3v) is 4.14. The van der Waals surface area contributed by atoms with Crippen LogP contribution in [0.3, 0.4) is 0 Å². The van der Waals surface area contributed by atoms with E-state index < -0.39 is 0 Å². The third kappa shape index (κ3) is 4.75. The summed E-state index contributed by atoms with van der Waals surface area (Å²) in [5.41, 5.74) is 1.16. The van der Waals surface area contributed by atoms with Crippen LogP contribution in [0.2, 0.25) is 0 Å². The third-order valence-electron chi connectivity index (χ3n) is 4.14. The molecular weight excluding hydrogens is 332 g/mol. The van der Waals surface area contributed by atoms with Crippen LogP contribution in [-0.4, -0.2) is 63.0 Å². The molecule has 0 aliphatic heterocycles. The average molecular weight is 356 g/mol. The van der Waals surface area contributed by atoms with Crippen molar-refractivity contribution in [1.29, 1.82) is 0 Å². The Morgan fingerprint density at radius 1 is 0.692 bits per heavy atom. The number of ether oxygens (including phenoxy) is 2. The second-order valence-corrected chi connectivity index (χ2v) is 5.91. The van der Waals surface area contributed by atoms with Gasteiger partial charge in [0.15, 0.2) is 0 Å². The molecule has 2 aromatic rings. The maximum absolute atomic E-state index is 12.4. The molecule has 0 N–H and O–H groups in total. The lowest BCUT2D eigenvalue weighted by Gasteiger charge is -2.22. The first-order valence-corrected chi connectivity index (χ1v) is 8.25. The molecule has 6 nitrogen and oxygen atoms in total. The monoisotopic (exact) mass is 356 g/mol. The molecule has 0 saturated carbocycles. The molecule has 0 aliphatic carbocycles. The second kappa shape index (κ2) is 8.89. The second-order valence-electron chi connectivity index (χ2n) is 5.91. The first-order chi connectivity index (χ1) is 12.5. The van der Waals surface area contributed by atoms with E-state index in [0.717, 1.165) is 0 Å². The summed E-state index contributed by atoms with van der Waals surface area (Å²) in [4.78, 5) is 28.1. The van der Waals surface area contributed by atoms with Crippen LogP contribution in [0.1, 0.15) is 20.7 Å². The van der Waals surface area contributed by atoms with Crippen molar-refractivity contribution < 1.29 is 19.1 Å². The number of hydrogen-bond acceptors (Lipinski definition) is 4. The van der Waals surface area contributed by atoms with Gasteiger partial charge in [-0.3, -0.25) is 9.59 Å².